The van der Waals surface area contributed by atoms with Gasteiger partial charge in [0.2, 0.25) is 11.9 Å². The number of aliphatic hydroxyl groups excluding tert-OH is 5. The minimum absolute atomic E-state index is 0.0185. The molecular formula is C38H57N13O13. The van der Waals surface area contributed by atoms with Crippen LogP contribution in [0.3, 0.4) is 0 Å². The van der Waals surface area contributed by atoms with Crippen LogP contribution in [0.4, 0.5) is 17.5 Å². The van der Waals surface area contributed by atoms with Crippen molar-refractivity contribution in [1.29, 1.82) is 0 Å². The third-order valence-corrected chi connectivity index (χ3v) is 11.4. The number of benzene rings is 1. The van der Waals surface area contributed by atoms with E-state index in [0.29, 0.717) is 23.4 Å². The molecule has 3 aromatic rings. The first-order chi connectivity index (χ1) is 30.3. The second-order valence-corrected chi connectivity index (χ2v) is 16.2. The Morgan fingerprint density at radius 3 is 2.19 bits per heavy atom. The number of nitrogens with two attached hydrogens (primary N) is 6. The summed E-state index contributed by atoms with van der Waals surface area (Å²) >= 11 is 0. The highest BCUT2D eigenvalue weighted by Gasteiger charge is 2.50. The van der Waals surface area contributed by atoms with E-state index in [2.05, 4.69) is 30.6 Å². The molecule has 1 aromatic carbocycles. The number of nitrogens with one attached hydrogen (secondary N) is 2. The van der Waals surface area contributed by atoms with Crippen molar-refractivity contribution in [3.8, 4) is 0 Å². The van der Waals surface area contributed by atoms with Crippen LogP contribution in [0.2, 0.25) is 0 Å². The molecule has 20 N–H and O–H groups in total. The number of ether oxygens (including phenoxy) is 4. The van der Waals surface area contributed by atoms with Crippen molar-refractivity contribution in [2.75, 3.05) is 36.6 Å². The van der Waals surface area contributed by atoms with Gasteiger partial charge in [-0.15, -0.1) is 0 Å². The van der Waals surface area contributed by atoms with Crippen molar-refractivity contribution in [2.45, 2.75) is 124 Å². The quantitative estimate of drug-likeness (QED) is 0.0636. The number of aliphatic hydroxyl groups is 5. The number of hydrogen-bond donors (Lipinski definition) is 14. The second kappa shape index (κ2) is 20.8. The van der Waals surface area contributed by atoms with E-state index < -0.39 is 116 Å². The summed E-state index contributed by atoms with van der Waals surface area (Å²) in [5, 5.41) is 67.4. The largest absolute Gasteiger partial charge is 0.480 e. The molecule has 0 spiro atoms. The fourth-order valence-electron chi connectivity index (χ4n) is 7.74. The van der Waals surface area contributed by atoms with Gasteiger partial charge in [0.1, 0.15) is 48.8 Å². The molecule has 6 rings (SSSR count). The molecule has 0 bridgehead atoms. The predicted octanol–water partition coefficient (Wildman–Crippen LogP) is -5.94. The Hall–Kier alpha value is -5.07. The summed E-state index contributed by atoms with van der Waals surface area (Å²) in [4.78, 5) is 56.6. The monoisotopic (exact) mass is 903 g/mol. The van der Waals surface area contributed by atoms with E-state index in [1.54, 1.807) is 19.2 Å². The highest BCUT2D eigenvalue weighted by Crippen LogP contribution is 2.31. The number of anilines is 3. The lowest BCUT2D eigenvalue weighted by molar-refractivity contribution is -0.315. The van der Waals surface area contributed by atoms with Crippen LogP contribution in [0, 0.1) is 0 Å². The number of rotatable bonds is 16. The zero-order chi connectivity index (χ0) is 46.6. The van der Waals surface area contributed by atoms with E-state index in [0.717, 1.165) is 0 Å². The maximum atomic E-state index is 13.1. The Kier molecular flexibility index (Phi) is 15.8. The normalized spacial score (nSPS) is 32.4. The van der Waals surface area contributed by atoms with Crippen molar-refractivity contribution < 1.29 is 64.0 Å². The zero-order valence-corrected chi connectivity index (χ0v) is 34.7. The SMILES string of the molecule is CN(Cc1cnc2nc(N)nc(N)c2n1)c1ccc(C(=O)N[C@H](CCC(=O)NC[C@@H]2O[C@H](O[C@H]3[C@@H](O)[C@@H](O[C@@H]4O[C@H](CO)[C@H](O)[C@H](N)[C@@H]4O)[C@@H](N)C[C@H]3N)[C@@H](N)C[C@@H]2O)C(=O)O)cc1. The number of nitrogens with zero attached hydrogens (tertiary/aromatic N) is 5. The fraction of sp³-hybridized carbons (Fsp3) is 0.605. The molecule has 2 saturated heterocycles. The average Bonchev–Trinajstić information content (AvgIpc) is 3.25. The van der Waals surface area contributed by atoms with Crippen LogP contribution >= 0.6 is 0 Å². The molecule has 4 heterocycles. The van der Waals surface area contributed by atoms with Crippen LogP contribution in [-0.2, 0) is 35.1 Å². The lowest BCUT2D eigenvalue weighted by Gasteiger charge is -2.47. The van der Waals surface area contributed by atoms with Gasteiger partial charge in [-0.25, -0.2) is 14.8 Å². The highest BCUT2D eigenvalue weighted by atomic mass is 16.7. The van der Waals surface area contributed by atoms with Gasteiger partial charge in [-0.3, -0.25) is 9.59 Å². The molecule has 2 aromatic heterocycles. The molecule has 3 aliphatic rings. The van der Waals surface area contributed by atoms with Crippen LogP contribution in [0.15, 0.2) is 30.5 Å². The standard InChI is InChI=1S/C38H57N13O13/c1-51(12-15-10-46-33-26(47-15)32(43)49-38(44)50-33)16-4-2-14(3-5-16)34(58)48-20(35(59)60)6-7-24(54)45-11-22-21(53)9-19(41)36(61-22)63-30-17(39)8-18(40)31(29(30)57)64-37-28(56)25(42)27(55)23(13-52)62-37/h2-5,10,17-23,25,27-31,36-37,52-53,55-57H,6-9,11-13,39-42H2,1H3,(H,45,54)(H,48,58)(H,59,60)(H4,43,44,46,49,50)/t17-,18+,19+,20-,21+,22+,23-,25+,27+,28+,29-,30-,31+,36-,37+/m1/s1. The van der Waals surface area contributed by atoms with Gasteiger partial charge in [0, 0.05) is 43.3 Å². The summed E-state index contributed by atoms with van der Waals surface area (Å²) in [5.74, 6) is -2.57. The van der Waals surface area contributed by atoms with E-state index in [4.69, 9.17) is 53.3 Å². The lowest BCUT2D eigenvalue weighted by Crippen LogP contribution is -2.68. The van der Waals surface area contributed by atoms with Crippen LogP contribution in [0.1, 0.15) is 41.7 Å². The van der Waals surface area contributed by atoms with Gasteiger partial charge in [-0.1, -0.05) is 0 Å². The molecule has 0 radical (unpaired) electrons. The van der Waals surface area contributed by atoms with Gasteiger partial charge in [-0.2, -0.15) is 9.97 Å². The average molecular weight is 904 g/mol. The van der Waals surface area contributed by atoms with Crippen molar-refractivity contribution in [2.24, 2.45) is 22.9 Å². The first-order valence-corrected chi connectivity index (χ1v) is 20.5. The fourth-order valence-corrected chi connectivity index (χ4v) is 7.74. The predicted molar refractivity (Wildman–Crippen MR) is 223 cm³/mol. The van der Waals surface area contributed by atoms with Gasteiger partial charge in [0.05, 0.1) is 43.2 Å². The first kappa shape index (κ1) is 48.4. The molecule has 64 heavy (non-hydrogen) atoms. The smallest absolute Gasteiger partial charge is 0.326 e. The number of fused-ring (bicyclic) bond motifs is 1. The molecular weight excluding hydrogens is 846 g/mol. The summed E-state index contributed by atoms with van der Waals surface area (Å²) < 4.78 is 23.3. The number of carbonyl (C=O) groups is 3. The second-order valence-electron chi connectivity index (χ2n) is 16.2. The number of nitrogen functional groups attached to an aromatic ring is 2. The number of hydrogen-bond acceptors (Lipinski definition) is 23. The number of aliphatic carboxylic acids is 1. The van der Waals surface area contributed by atoms with Gasteiger partial charge < -0.3 is 99.5 Å². The topological polar surface area (TPSA) is 444 Å². The summed E-state index contributed by atoms with van der Waals surface area (Å²) in [6.45, 7) is -0.562. The van der Waals surface area contributed by atoms with Crippen LogP contribution in [0.5, 0.6) is 0 Å². The minimum Gasteiger partial charge on any atom is -0.480 e. The third kappa shape index (κ3) is 11.2. The third-order valence-electron chi connectivity index (χ3n) is 11.4. The van der Waals surface area contributed by atoms with Crippen molar-refractivity contribution in [1.82, 2.24) is 30.6 Å². The lowest BCUT2D eigenvalue weighted by atomic mass is 9.84. The van der Waals surface area contributed by atoms with Crippen LogP contribution < -0.4 is 49.9 Å². The molecule has 0 unspecified atom stereocenters. The molecule has 26 nitrogen and oxygen atoms in total. The molecule has 2 aliphatic heterocycles. The van der Waals surface area contributed by atoms with Gasteiger partial charge in [-0.05, 0) is 43.5 Å². The Morgan fingerprint density at radius 2 is 1.53 bits per heavy atom. The van der Waals surface area contributed by atoms with Crippen molar-refractivity contribution >= 4 is 46.4 Å². The van der Waals surface area contributed by atoms with E-state index in [-0.39, 0.29) is 55.2 Å². The summed E-state index contributed by atoms with van der Waals surface area (Å²) in [6.07, 6.45) is -12.1. The van der Waals surface area contributed by atoms with E-state index in [1.165, 1.54) is 18.3 Å². The molecule has 15 atom stereocenters. The molecule has 2 amide bonds. The van der Waals surface area contributed by atoms with Gasteiger partial charge >= 0.3 is 5.97 Å². The van der Waals surface area contributed by atoms with Crippen molar-refractivity contribution in [3.63, 3.8) is 0 Å². The van der Waals surface area contributed by atoms with Crippen LogP contribution in [0.25, 0.3) is 11.2 Å². The molecule has 352 valence electrons. The summed E-state index contributed by atoms with van der Waals surface area (Å²) in [7, 11) is 1.79. The molecule has 3 fully saturated rings. The molecule has 1 saturated carbocycles. The molecule has 26 heteroatoms. The van der Waals surface area contributed by atoms with Crippen LogP contribution in [-0.4, -0.2) is 180 Å². The number of aromatic nitrogens is 4. The van der Waals surface area contributed by atoms with E-state index >= 15 is 0 Å². The van der Waals surface area contributed by atoms with Crippen molar-refractivity contribution in [3.05, 3.63) is 41.7 Å². The Bertz CT molecular complexity index is 2090. The Labute approximate surface area is 365 Å². The van der Waals surface area contributed by atoms with E-state index in [9.17, 15) is 45.0 Å². The first-order valence-electron chi connectivity index (χ1n) is 20.5. The van der Waals surface area contributed by atoms with Gasteiger partial charge in [0.15, 0.2) is 29.6 Å². The number of carboxylic acid groups (broad SMARTS) is 1. The Balaban J connectivity index is 0.976. The summed E-state index contributed by atoms with van der Waals surface area (Å²) in [5.41, 5.74) is 38.3. The zero-order valence-electron chi connectivity index (χ0n) is 34.7. The summed E-state index contributed by atoms with van der Waals surface area (Å²) in [6, 6.07) is 1.05. The maximum absolute atomic E-state index is 13.1. The number of carbonyl (C=O) groups excluding carboxylic acids is 2. The highest BCUT2D eigenvalue weighted by molar-refractivity contribution is 5.97. The van der Waals surface area contributed by atoms with E-state index in [1.807, 2.05) is 4.90 Å². The molecule has 1 aliphatic carbocycles. The number of carboxylic acids is 1. The maximum Gasteiger partial charge on any atom is 0.326 e. The minimum atomic E-state index is -1.55. The van der Waals surface area contributed by atoms with Gasteiger partial charge in [0.25, 0.3) is 5.91 Å². The Morgan fingerprint density at radius 1 is 0.875 bits per heavy atom. The number of amides is 2.